The van der Waals surface area contributed by atoms with Crippen LogP contribution in [0.2, 0.25) is 0 Å². The number of amides is 3. The number of aliphatic hydroxyl groups excluding tert-OH is 2. The van der Waals surface area contributed by atoms with E-state index in [1.54, 1.807) is 0 Å². The van der Waals surface area contributed by atoms with Gasteiger partial charge in [0, 0.05) is 6.54 Å². The van der Waals surface area contributed by atoms with Gasteiger partial charge in [0.2, 0.25) is 17.7 Å². The summed E-state index contributed by atoms with van der Waals surface area (Å²) in [7, 11) is 0. The van der Waals surface area contributed by atoms with Crippen LogP contribution in [-0.2, 0) is 19.2 Å². The van der Waals surface area contributed by atoms with Crippen LogP contribution in [0.15, 0.2) is 4.99 Å². The number of hydrogen-bond acceptors (Lipinski definition) is 8. The van der Waals surface area contributed by atoms with Crippen LogP contribution < -0.4 is 33.2 Å². The molecule has 14 heteroatoms. The standard InChI is InChI=1S/C18H35N7O7/c1-9(2)6-10(19)14(28)24-12(7-26)16(30)25-13(8-27)15(29)23-11(17(31)32)4-3-5-22-18(20)21/h9-13,26-27H,3-8,19H2,1-2H3,(H,23,29)(H,24,28)(H,25,30)(H,31,32)(H4,20,21,22). The minimum Gasteiger partial charge on any atom is -0.480 e. The molecule has 0 aliphatic carbocycles. The topological polar surface area (TPSA) is 255 Å². The summed E-state index contributed by atoms with van der Waals surface area (Å²) in [6.07, 6.45) is 0.598. The van der Waals surface area contributed by atoms with Gasteiger partial charge in [0.05, 0.1) is 19.3 Å². The number of nitrogens with two attached hydrogens (primary N) is 3. The molecule has 4 atom stereocenters. The van der Waals surface area contributed by atoms with Gasteiger partial charge in [-0.05, 0) is 25.2 Å². The Bertz CT molecular complexity index is 668. The fourth-order valence-corrected chi connectivity index (χ4v) is 2.59. The van der Waals surface area contributed by atoms with Gasteiger partial charge in [-0.3, -0.25) is 19.4 Å². The molecule has 0 spiro atoms. The second-order valence-electron chi connectivity index (χ2n) is 7.57. The lowest BCUT2D eigenvalue weighted by Crippen LogP contribution is -2.59. The number of carboxylic acid groups (broad SMARTS) is 1. The number of aliphatic imine (C=N–C) groups is 1. The molecule has 0 rings (SSSR count). The maximum atomic E-state index is 12.4. The van der Waals surface area contributed by atoms with Crippen LogP contribution in [0.4, 0.5) is 0 Å². The number of carbonyl (C=O) groups is 4. The monoisotopic (exact) mass is 461 g/mol. The summed E-state index contributed by atoms with van der Waals surface area (Å²) in [5.74, 6) is -3.93. The van der Waals surface area contributed by atoms with Gasteiger partial charge in [0.25, 0.3) is 0 Å². The number of guanidine groups is 1. The highest BCUT2D eigenvalue weighted by molar-refractivity contribution is 5.94. The minimum atomic E-state index is -1.52. The smallest absolute Gasteiger partial charge is 0.326 e. The third kappa shape index (κ3) is 11.4. The van der Waals surface area contributed by atoms with Gasteiger partial charge in [-0.1, -0.05) is 13.8 Å². The summed E-state index contributed by atoms with van der Waals surface area (Å²) >= 11 is 0. The van der Waals surface area contributed by atoms with Crippen molar-refractivity contribution in [2.75, 3.05) is 19.8 Å². The molecular weight excluding hydrogens is 426 g/mol. The summed E-state index contributed by atoms with van der Waals surface area (Å²) in [6, 6.07) is -5.15. The van der Waals surface area contributed by atoms with E-state index in [1.165, 1.54) is 0 Å². The van der Waals surface area contributed by atoms with Crippen molar-refractivity contribution in [2.24, 2.45) is 28.1 Å². The Morgan fingerprint density at radius 2 is 1.34 bits per heavy atom. The zero-order valence-corrected chi connectivity index (χ0v) is 18.3. The second-order valence-corrected chi connectivity index (χ2v) is 7.57. The van der Waals surface area contributed by atoms with E-state index in [0.717, 1.165) is 0 Å². The third-order valence-corrected chi connectivity index (χ3v) is 4.25. The molecule has 0 bridgehead atoms. The highest BCUT2D eigenvalue weighted by Crippen LogP contribution is 2.03. The molecule has 32 heavy (non-hydrogen) atoms. The van der Waals surface area contributed by atoms with Crippen LogP contribution in [-0.4, -0.2) is 88.9 Å². The molecule has 0 aliphatic rings. The Balaban J connectivity index is 4.95. The molecule has 0 saturated heterocycles. The molecule has 0 saturated carbocycles. The Morgan fingerprint density at radius 3 is 1.75 bits per heavy atom. The number of nitrogens with one attached hydrogen (secondary N) is 3. The second kappa shape index (κ2) is 14.9. The van der Waals surface area contributed by atoms with Gasteiger partial charge in [-0.15, -0.1) is 0 Å². The fourth-order valence-electron chi connectivity index (χ4n) is 2.59. The van der Waals surface area contributed by atoms with Crippen molar-refractivity contribution >= 4 is 29.7 Å². The van der Waals surface area contributed by atoms with Crippen molar-refractivity contribution in [3.63, 3.8) is 0 Å². The SMILES string of the molecule is CC(C)CC(N)C(=O)NC(CO)C(=O)NC(CO)C(=O)NC(CCCN=C(N)N)C(=O)O. The number of aliphatic hydroxyl groups is 2. The zero-order valence-electron chi connectivity index (χ0n) is 18.3. The lowest BCUT2D eigenvalue weighted by atomic mass is 10.0. The lowest BCUT2D eigenvalue weighted by Gasteiger charge is -2.23. The van der Waals surface area contributed by atoms with E-state index in [1.807, 2.05) is 13.8 Å². The van der Waals surface area contributed by atoms with Crippen molar-refractivity contribution in [3.8, 4) is 0 Å². The molecule has 12 N–H and O–H groups in total. The molecule has 0 aromatic heterocycles. The molecule has 0 radical (unpaired) electrons. The van der Waals surface area contributed by atoms with Crippen LogP contribution in [0, 0.1) is 5.92 Å². The van der Waals surface area contributed by atoms with Crippen LogP contribution >= 0.6 is 0 Å². The van der Waals surface area contributed by atoms with Crippen molar-refractivity contribution in [1.82, 2.24) is 16.0 Å². The maximum Gasteiger partial charge on any atom is 0.326 e. The van der Waals surface area contributed by atoms with Gasteiger partial charge in [-0.2, -0.15) is 0 Å². The molecule has 4 unspecified atom stereocenters. The van der Waals surface area contributed by atoms with Gasteiger partial charge < -0.3 is 48.5 Å². The number of carbonyl (C=O) groups excluding carboxylic acids is 3. The van der Waals surface area contributed by atoms with E-state index >= 15 is 0 Å². The Labute approximate surface area is 186 Å². The summed E-state index contributed by atoms with van der Waals surface area (Å²) in [6.45, 7) is 2.24. The first kappa shape index (κ1) is 29.0. The molecule has 184 valence electrons. The van der Waals surface area contributed by atoms with Crippen molar-refractivity contribution in [3.05, 3.63) is 0 Å². The lowest BCUT2D eigenvalue weighted by molar-refractivity contribution is -0.142. The fraction of sp³-hybridized carbons (Fsp3) is 0.722. The zero-order chi connectivity index (χ0) is 24.8. The number of rotatable bonds is 15. The third-order valence-electron chi connectivity index (χ3n) is 4.25. The number of nitrogens with zero attached hydrogens (tertiary/aromatic N) is 1. The largest absolute Gasteiger partial charge is 0.480 e. The Kier molecular flexibility index (Phi) is 13.5. The summed E-state index contributed by atoms with van der Waals surface area (Å²) in [4.78, 5) is 51.9. The van der Waals surface area contributed by atoms with E-state index in [4.69, 9.17) is 17.2 Å². The van der Waals surface area contributed by atoms with Crippen LogP contribution in [0.25, 0.3) is 0 Å². The maximum absolute atomic E-state index is 12.4. The van der Waals surface area contributed by atoms with Gasteiger partial charge in [0.15, 0.2) is 5.96 Å². The molecule has 0 aromatic rings. The average Bonchev–Trinajstić information content (AvgIpc) is 2.70. The molecule has 3 amide bonds. The molecule has 0 aromatic carbocycles. The predicted octanol–water partition coefficient (Wildman–Crippen LogP) is -4.06. The first-order valence-electron chi connectivity index (χ1n) is 10.1. The molecule has 0 aliphatic heterocycles. The molecule has 14 nitrogen and oxygen atoms in total. The average molecular weight is 462 g/mol. The van der Waals surface area contributed by atoms with E-state index < -0.39 is 61.1 Å². The number of hydrogen-bond donors (Lipinski definition) is 9. The van der Waals surface area contributed by atoms with E-state index in [2.05, 4.69) is 20.9 Å². The van der Waals surface area contributed by atoms with Crippen LogP contribution in [0.1, 0.15) is 33.1 Å². The summed E-state index contributed by atoms with van der Waals surface area (Å²) in [5.41, 5.74) is 16.1. The van der Waals surface area contributed by atoms with Crippen LogP contribution in [0.3, 0.4) is 0 Å². The summed E-state index contributed by atoms with van der Waals surface area (Å²) < 4.78 is 0. The van der Waals surface area contributed by atoms with Crippen LogP contribution in [0.5, 0.6) is 0 Å². The van der Waals surface area contributed by atoms with E-state index in [9.17, 15) is 34.5 Å². The first-order valence-corrected chi connectivity index (χ1v) is 10.1. The quantitative estimate of drug-likeness (QED) is 0.0647. The highest BCUT2D eigenvalue weighted by Gasteiger charge is 2.29. The minimum absolute atomic E-state index is 0.00693. The predicted molar refractivity (Wildman–Crippen MR) is 115 cm³/mol. The van der Waals surface area contributed by atoms with Gasteiger partial charge >= 0.3 is 5.97 Å². The Hall–Kier alpha value is -2.97. The number of aliphatic carboxylic acids is 1. The molecule has 0 fully saturated rings. The first-order chi connectivity index (χ1) is 14.9. The summed E-state index contributed by atoms with van der Waals surface area (Å²) in [5, 5.41) is 34.8. The van der Waals surface area contributed by atoms with Crippen molar-refractivity contribution in [2.45, 2.75) is 57.3 Å². The van der Waals surface area contributed by atoms with Crippen molar-refractivity contribution in [1.29, 1.82) is 0 Å². The van der Waals surface area contributed by atoms with Gasteiger partial charge in [0.1, 0.15) is 18.1 Å². The van der Waals surface area contributed by atoms with E-state index in [-0.39, 0.29) is 31.3 Å². The van der Waals surface area contributed by atoms with Gasteiger partial charge in [-0.25, -0.2) is 4.79 Å². The molecular formula is C18H35N7O7. The molecule has 0 heterocycles. The van der Waals surface area contributed by atoms with E-state index in [0.29, 0.717) is 6.42 Å². The van der Waals surface area contributed by atoms with Crippen molar-refractivity contribution < 1.29 is 34.5 Å². The highest BCUT2D eigenvalue weighted by atomic mass is 16.4. The Morgan fingerprint density at radius 1 is 0.875 bits per heavy atom. The normalized spacial score (nSPS) is 14.6. The number of carboxylic acids is 1.